The van der Waals surface area contributed by atoms with Crippen LogP contribution in [0, 0.1) is 0 Å². The quantitative estimate of drug-likeness (QED) is 0.402. The lowest BCUT2D eigenvalue weighted by Crippen LogP contribution is -2.43. The van der Waals surface area contributed by atoms with Crippen LogP contribution in [-0.4, -0.2) is 60.7 Å². The number of hydrogen-bond acceptors (Lipinski definition) is 7. The Morgan fingerprint density at radius 2 is 1.48 bits per heavy atom. The van der Waals surface area contributed by atoms with E-state index in [0.717, 1.165) is 0 Å². The molecule has 0 saturated carbocycles. The number of imide groups is 1. The Hall–Kier alpha value is -2.85. The van der Waals surface area contributed by atoms with E-state index in [2.05, 4.69) is 21.3 Å². The van der Waals surface area contributed by atoms with E-state index in [1.807, 2.05) is 0 Å². The van der Waals surface area contributed by atoms with E-state index >= 15 is 0 Å². The highest BCUT2D eigenvalue weighted by Crippen LogP contribution is 2.06. The van der Waals surface area contributed by atoms with Crippen LogP contribution in [0.25, 0.3) is 0 Å². The average molecular weight is 388 g/mol. The van der Waals surface area contributed by atoms with Crippen LogP contribution in [0.3, 0.4) is 0 Å². The Bertz CT molecular complexity index is 564. The number of amides is 5. The molecular weight excluding hydrogens is 360 g/mol. The lowest BCUT2D eigenvalue weighted by atomic mass is 10.2. The summed E-state index contributed by atoms with van der Waals surface area (Å²) in [4.78, 5) is 53.6. The van der Waals surface area contributed by atoms with Gasteiger partial charge in [-0.05, 0) is 41.5 Å². The van der Waals surface area contributed by atoms with E-state index in [4.69, 9.17) is 9.47 Å². The molecule has 1 fully saturated rings. The first-order valence-electron chi connectivity index (χ1n) is 8.22. The zero-order valence-corrected chi connectivity index (χ0v) is 16.4. The molecule has 154 valence electrons. The first-order valence-corrected chi connectivity index (χ1v) is 8.22. The Morgan fingerprint density at radius 3 is 1.85 bits per heavy atom. The molecule has 1 aliphatic rings. The Morgan fingerprint density at radius 1 is 1.00 bits per heavy atom. The molecule has 1 heterocycles. The molecular formula is C16H28N4O7. The maximum absolute atomic E-state index is 11.2. The van der Waals surface area contributed by atoms with E-state index in [1.165, 1.54) is 0 Å². The third kappa shape index (κ3) is 13.1. The summed E-state index contributed by atoms with van der Waals surface area (Å²) in [7, 11) is 0. The Kier molecular flexibility index (Phi) is 9.24. The summed E-state index contributed by atoms with van der Waals surface area (Å²) in [6.45, 7) is 10.5. The van der Waals surface area contributed by atoms with Gasteiger partial charge in [0.15, 0.2) is 0 Å². The minimum absolute atomic E-state index is 0.00505. The number of carbonyl (C=O) groups excluding carboxylic acids is 5. The monoisotopic (exact) mass is 388 g/mol. The predicted molar refractivity (Wildman–Crippen MR) is 95.0 cm³/mol. The van der Waals surface area contributed by atoms with Gasteiger partial charge in [0.2, 0.25) is 0 Å². The van der Waals surface area contributed by atoms with E-state index in [9.17, 15) is 24.0 Å². The van der Waals surface area contributed by atoms with Gasteiger partial charge in [-0.3, -0.25) is 10.1 Å². The van der Waals surface area contributed by atoms with Gasteiger partial charge in [-0.15, -0.1) is 0 Å². The fourth-order valence-electron chi connectivity index (χ4n) is 1.54. The van der Waals surface area contributed by atoms with E-state index in [0.29, 0.717) is 6.29 Å². The zero-order valence-electron chi connectivity index (χ0n) is 16.4. The van der Waals surface area contributed by atoms with Gasteiger partial charge < -0.3 is 30.2 Å². The average Bonchev–Trinajstić information content (AvgIpc) is 2.78. The number of rotatable bonds is 4. The second-order valence-corrected chi connectivity index (χ2v) is 7.45. The lowest BCUT2D eigenvalue weighted by molar-refractivity contribution is -0.120. The largest absolute Gasteiger partial charge is 0.444 e. The van der Waals surface area contributed by atoms with Crippen molar-refractivity contribution in [1.82, 2.24) is 21.3 Å². The summed E-state index contributed by atoms with van der Waals surface area (Å²) in [5, 5.41) is 9.06. The minimum Gasteiger partial charge on any atom is -0.444 e. The number of ether oxygens (including phenoxy) is 2. The van der Waals surface area contributed by atoms with Crippen molar-refractivity contribution in [2.45, 2.75) is 58.8 Å². The van der Waals surface area contributed by atoms with Crippen LogP contribution in [0.2, 0.25) is 0 Å². The molecule has 27 heavy (non-hydrogen) atoms. The minimum atomic E-state index is -0.736. The third-order valence-corrected chi connectivity index (χ3v) is 2.44. The number of nitrogens with one attached hydrogen (secondary N) is 4. The van der Waals surface area contributed by atoms with Crippen molar-refractivity contribution in [1.29, 1.82) is 0 Å². The van der Waals surface area contributed by atoms with Gasteiger partial charge in [-0.25, -0.2) is 14.4 Å². The van der Waals surface area contributed by atoms with Crippen molar-refractivity contribution < 1.29 is 33.4 Å². The summed E-state index contributed by atoms with van der Waals surface area (Å²) in [6.07, 6.45) is -0.588. The van der Waals surface area contributed by atoms with Gasteiger partial charge in [0.1, 0.15) is 23.5 Å². The first-order chi connectivity index (χ1) is 12.2. The molecule has 4 N–H and O–H groups in total. The summed E-state index contributed by atoms with van der Waals surface area (Å²) < 4.78 is 9.80. The van der Waals surface area contributed by atoms with Gasteiger partial charge in [0.05, 0.1) is 13.1 Å². The van der Waals surface area contributed by atoms with E-state index < -0.39 is 41.4 Å². The maximum Gasteiger partial charge on any atom is 0.408 e. The van der Waals surface area contributed by atoms with E-state index in [1.54, 1.807) is 41.5 Å². The van der Waals surface area contributed by atoms with Crippen molar-refractivity contribution in [2.24, 2.45) is 0 Å². The second-order valence-electron chi connectivity index (χ2n) is 7.45. The number of urea groups is 1. The number of alkyl carbamates (subject to hydrolysis) is 2. The van der Waals surface area contributed by atoms with Crippen molar-refractivity contribution in [3.63, 3.8) is 0 Å². The van der Waals surface area contributed by atoms with Crippen molar-refractivity contribution in [2.75, 3.05) is 13.1 Å². The molecule has 1 unspecified atom stereocenters. The van der Waals surface area contributed by atoms with Gasteiger partial charge in [-0.2, -0.15) is 0 Å². The summed E-state index contributed by atoms with van der Waals surface area (Å²) in [5.41, 5.74) is -1.10. The molecule has 0 aromatic rings. The van der Waals surface area contributed by atoms with Gasteiger partial charge in [0.25, 0.3) is 5.91 Å². The van der Waals surface area contributed by atoms with Gasteiger partial charge >= 0.3 is 18.2 Å². The van der Waals surface area contributed by atoms with Crippen molar-refractivity contribution in [3.05, 3.63) is 0 Å². The predicted octanol–water partition coefficient (Wildman–Crippen LogP) is 0.429. The van der Waals surface area contributed by atoms with Crippen LogP contribution < -0.4 is 21.3 Å². The van der Waals surface area contributed by atoms with Crippen LogP contribution in [0.1, 0.15) is 41.5 Å². The molecule has 0 aliphatic carbocycles. The maximum atomic E-state index is 11.2. The Balaban J connectivity index is 0.000000541. The fourth-order valence-corrected chi connectivity index (χ4v) is 1.54. The number of hydrogen-bond donors (Lipinski definition) is 4. The molecule has 0 radical (unpaired) electrons. The van der Waals surface area contributed by atoms with Gasteiger partial charge in [0, 0.05) is 0 Å². The van der Waals surface area contributed by atoms with Crippen LogP contribution in [0.15, 0.2) is 0 Å². The van der Waals surface area contributed by atoms with Crippen LogP contribution >= 0.6 is 0 Å². The Labute approximate surface area is 157 Å². The highest BCUT2D eigenvalue weighted by molar-refractivity contribution is 6.04. The summed E-state index contributed by atoms with van der Waals surface area (Å²) in [6, 6.07) is -1.29. The molecule has 1 rings (SSSR count). The van der Waals surface area contributed by atoms with Crippen LogP contribution in [0.5, 0.6) is 0 Å². The molecule has 0 aromatic heterocycles. The second kappa shape index (κ2) is 10.3. The molecule has 0 spiro atoms. The van der Waals surface area contributed by atoms with Crippen LogP contribution in [0.4, 0.5) is 14.4 Å². The summed E-state index contributed by atoms with van der Waals surface area (Å²) in [5.74, 6) is -0.457. The molecule has 11 heteroatoms. The van der Waals surface area contributed by atoms with E-state index in [-0.39, 0.29) is 13.1 Å². The number of aldehydes is 1. The molecule has 0 aromatic carbocycles. The smallest absolute Gasteiger partial charge is 0.408 e. The third-order valence-electron chi connectivity index (χ3n) is 2.44. The topological polar surface area (TPSA) is 152 Å². The van der Waals surface area contributed by atoms with Crippen LogP contribution in [-0.2, 0) is 19.1 Å². The number of carbonyl (C=O) groups is 5. The molecule has 11 nitrogen and oxygen atoms in total. The fraction of sp³-hybridized carbons (Fsp3) is 0.688. The van der Waals surface area contributed by atoms with Crippen molar-refractivity contribution >= 4 is 30.4 Å². The van der Waals surface area contributed by atoms with Crippen molar-refractivity contribution in [3.8, 4) is 0 Å². The SMILES string of the molecule is CC(C)(C)OC(=O)NCC1NC(=O)NC1=O.CC(C)(C)OC(=O)NCC=O. The highest BCUT2D eigenvalue weighted by atomic mass is 16.6. The molecule has 0 bridgehead atoms. The highest BCUT2D eigenvalue weighted by Gasteiger charge is 2.30. The standard InChI is InChI=1S/C9H15N3O4.C7H13NO3/c1-9(2,3)16-8(15)10-4-5-6(13)12-7(14)11-5;1-7(2,3)11-6(10)8-4-5-9/h5H,4H2,1-3H3,(H,10,15)(H2,11,12,13,14);5H,4H2,1-3H3,(H,8,10). The molecule has 1 aliphatic heterocycles. The first kappa shape index (κ1) is 24.1. The molecule has 5 amide bonds. The molecule has 1 saturated heterocycles. The lowest BCUT2D eigenvalue weighted by Gasteiger charge is -2.20. The molecule has 1 atom stereocenters. The normalized spacial score (nSPS) is 16.1. The zero-order chi connectivity index (χ0) is 21.3. The van der Waals surface area contributed by atoms with Gasteiger partial charge in [-0.1, -0.05) is 0 Å². The summed E-state index contributed by atoms with van der Waals surface area (Å²) >= 11 is 0.